The predicted octanol–water partition coefficient (Wildman–Crippen LogP) is 2.03. The van der Waals surface area contributed by atoms with E-state index in [9.17, 15) is 4.79 Å². The largest absolute Gasteiger partial charge is 0.493 e. The number of piperidine rings is 1. The van der Waals surface area contributed by atoms with Gasteiger partial charge in [-0.2, -0.15) is 0 Å². The molecule has 1 saturated heterocycles. The Morgan fingerprint density at radius 2 is 2.08 bits per heavy atom. The van der Waals surface area contributed by atoms with E-state index in [1.165, 1.54) is 11.1 Å². The highest BCUT2D eigenvalue weighted by Gasteiger charge is 2.74. The van der Waals surface area contributed by atoms with Gasteiger partial charge in [0.2, 0.25) is 0 Å². The molecule has 1 saturated carbocycles. The molecule has 5 atom stereocenters. The summed E-state index contributed by atoms with van der Waals surface area (Å²) < 4.78 is 18.2. The molecule has 2 heterocycles. The zero-order chi connectivity index (χ0) is 16.7. The van der Waals surface area contributed by atoms with Crippen molar-refractivity contribution in [2.24, 2.45) is 5.92 Å². The Kier molecular flexibility index (Phi) is 3.67. The Morgan fingerprint density at radius 1 is 1.28 bits per heavy atom. The van der Waals surface area contributed by atoms with Gasteiger partial charge in [0.25, 0.3) is 0 Å². The van der Waals surface area contributed by atoms with Crippen LogP contribution < -0.4 is 14.8 Å². The third-order valence-electron chi connectivity index (χ3n) is 6.98. The molecule has 0 radical (unpaired) electrons. The third kappa shape index (κ3) is 1.65. The molecule has 1 unspecified atom stereocenters. The molecular weight excluding hydrogens is 342 g/mol. The van der Waals surface area contributed by atoms with E-state index in [4.69, 9.17) is 14.2 Å². The van der Waals surface area contributed by atoms with Gasteiger partial charge in [-0.3, -0.25) is 4.79 Å². The monoisotopic (exact) mass is 365 g/mol. The highest BCUT2D eigenvalue weighted by molar-refractivity contribution is 5.90. The van der Waals surface area contributed by atoms with Gasteiger partial charge >= 0.3 is 0 Å². The fourth-order valence-electron chi connectivity index (χ4n) is 6.30. The quantitative estimate of drug-likeness (QED) is 0.869. The molecule has 2 aliphatic carbocycles. The SMILES string of the molecule is COc1ccc2c3c1O[C@H]1C(=O)C[C@@H](C)C4(OC)[C@@H](C2)NCC[C@]314.Cl. The summed E-state index contributed by atoms with van der Waals surface area (Å²) in [5.74, 6) is 1.84. The van der Waals surface area contributed by atoms with Crippen LogP contribution in [0.3, 0.4) is 0 Å². The second-order valence-electron chi connectivity index (χ2n) is 7.63. The molecule has 5 rings (SSSR count). The summed E-state index contributed by atoms with van der Waals surface area (Å²) in [7, 11) is 3.46. The number of ketones is 1. The predicted molar refractivity (Wildman–Crippen MR) is 95.0 cm³/mol. The van der Waals surface area contributed by atoms with Crippen LogP contribution in [-0.4, -0.2) is 44.3 Å². The van der Waals surface area contributed by atoms with Crippen molar-refractivity contribution < 1.29 is 19.0 Å². The molecule has 1 aromatic carbocycles. The average Bonchev–Trinajstić information content (AvgIpc) is 2.91. The van der Waals surface area contributed by atoms with E-state index in [1.807, 2.05) is 6.07 Å². The number of benzene rings is 1. The van der Waals surface area contributed by atoms with Crippen LogP contribution in [0.4, 0.5) is 0 Å². The minimum atomic E-state index is -0.455. The van der Waals surface area contributed by atoms with E-state index in [1.54, 1.807) is 14.2 Å². The first kappa shape index (κ1) is 17.1. The Bertz CT molecular complexity index is 753. The average molecular weight is 366 g/mol. The van der Waals surface area contributed by atoms with E-state index in [2.05, 4.69) is 18.3 Å². The topological polar surface area (TPSA) is 56.8 Å². The molecule has 1 aromatic rings. The molecule has 136 valence electrons. The maximum atomic E-state index is 12.9. The molecule has 2 fully saturated rings. The third-order valence-corrected chi connectivity index (χ3v) is 6.98. The molecule has 1 spiro atoms. The summed E-state index contributed by atoms with van der Waals surface area (Å²) in [6.07, 6.45) is 1.80. The maximum Gasteiger partial charge on any atom is 0.174 e. The van der Waals surface area contributed by atoms with Gasteiger partial charge < -0.3 is 19.5 Å². The number of hydrogen-bond acceptors (Lipinski definition) is 5. The Morgan fingerprint density at radius 3 is 2.80 bits per heavy atom. The standard InChI is InChI=1S/C19H23NO4.ClH/c1-10-8-12(21)17-18-6-7-20-14(19(10,18)23-3)9-11-4-5-13(22-2)16(24-17)15(11)18;/h4-5,10,14,17,20H,6-9H2,1-3H3;1H/t10-,14-,17+,18+,19?;/m1./s1. The van der Waals surface area contributed by atoms with E-state index >= 15 is 0 Å². The van der Waals surface area contributed by atoms with Crippen LogP contribution in [-0.2, 0) is 21.4 Å². The number of Topliss-reactive ketones (excluding diaryl/α,β-unsaturated/α-hetero) is 1. The zero-order valence-corrected chi connectivity index (χ0v) is 15.6. The smallest absolute Gasteiger partial charge is 0.174 e. The van der Waals surface area contributed by atoms with Crippen LogP contribution in [0.1, 0.15) is 30.9 Å². The van der Waals surface area contributed by atoms with E-state index in [-0.39, 0.29) is 30.2 Å². The Labute approximate surface area is 153 Å². The number of methoxy groups -OCH3 is 2. The van der Waals surface area contributed by atoms with Crippen molar-refractivity contribution in [1.82, 2.24) is 5.32 Å². The molecule has 6 heteroatoms. The van der Waals surface area contributed by atoms with Crippen molar-refractivity contribution >= 4 is 18.2 Å². The first-order valence-electron chi connectivity index (χ1n) is 8.78. The van der Waals surface area contributed by atoms with Crippen LogP contribution in [0.15, 0.2) is 12.1 Å². The molecule has 1 N–H and O–H groups in total. The first-order valence-corrected chi connectivity index (χ1v) is 8.78. The molecule has 4 aliphatic rings. The lowest BCUT2D eigenvalue weighted by atomic mass is 9.46. The van der Waals surface area contributed by atoms with Crippen molar-refractivity contribution in [2.45, 2.75) is 49.3 Å². The summed E-state index contributed by atoms with van der Waals surface area (Å²) in [6, 6.07) is 4.30. The summed E-state index contributed by atoms with van der Waals surface area (Å²) >= 11 is 0. The van der Waals surface area contributed by atoms with Gasteiger partial charge in [0.15, 0.2) is 23.4 Å². The Hall–Kier alpha value is -1.30. The lowest BCUT2D eigenvalue weighted by molar-refractivity contribution is -0.198. The first-order chi connectivity index (χ1) is 11.6. The fourth-order valence-corrected chi connectivity index (χ4v) is 6.30. The minimum Gasteiger partial charge on any atom is -0.493 e. The molecule has 0 aromatic heterocycles. The highest BCUT2D eigenvalue weighted by Crippen LogP contribution is 2.65. The number of ether oxygens (including phenoxy) is 3. The summed E-state index contributed by atoms with van der Waals surface area (Å²) in [5, 5.41) is 3.67. The van der Waals surface area contributed by atoms with Gasteiger partial charge in [-0.05, 0) is 36.9 Å². The van der Waals surface area contributed by atoms with Gasteiger partial charge in [0, 0.05) is 25.1 Å². The van der Waals surface area contributed by atoms with E-state index < -0.39 is 17.1 Å². The van der Waals surface area contributed by atoms with Crippen LogP contribution in [0.25, 0.3) is 0 Å². The molecule has 2 bridgehead atoms. The molecule has 0 amide bonds. The van der Waals surface area contributed by atoms with Crippen molar-refractivity contribution in [1.29, 1.82) is 0 Å². The van der Waals surface area contributed by atoms with Crippen LogP contribution in [0.2, 0.25) is 0 Å². The van der Waals surface area contributed by atoms with Crippen molar-refractivity contribution in [2.75, 3.05) is 20.8 Å². The summed E-state index contributed by atoms with van der Waals surface area (Å²) in [6.45, 7) is 3.04. The van der Waals surface area contributed by atoms with E-state index in [0.29, 0.717) is 6.42 Å². The highest BCUT2D eigenvalue weighted by atomic mass is 35.5. The second kappa shape index (κ2) is 5.35. The zero-order valence-electron chi connectivity index (χ0n) is 14.8. The number of rotatable bonds is 2. The van der Waals surface area contributed by atoms with Gasteiger partial charge in [0.05, 0.1) is 12.5 Å². The number of carbonyl (C=O) groups excluding carboxylic acids is 1. The number of halogens is 1. The maximum absolute atomic E-state index is 12.9. The lowest BCUT2D eigenvalue weighted by Gasteiger charge is -2.63. The summed E-state index contributed by atoms with van der Waals surface area (Å²) in [4.78, 5) is 12.9. The van der Waals surface area contributed by atoms with Gasteiger partial charge in [-0.15, -0.1) is 12.4 Å². The number of hydrogen-bond donors (Lipinski definition) is 1. The van der Waals surface area contributed by atoms with Crippen molar-refractivity contribution in [3.8, 4) is 11.5 Å². The molecular formula is C19H24ClNO4. The molecule has 5 nitrogen and oxygen atoms in total. The van der Waals surface area contributed by atoms with Gasteiger partial charge in [0.1, 0.15) is 5.60 Å². The van der Waals surface area contributed by atoms with Crippen LogP contribution in [0.5, 0.6) is 11.5 Å². The molecule has 25 heavy (non-hydrogen) atoms. The van der Waals surface area contributed by atoms with Gasteiger partial charge in [-0.1, -0.05) is 13.0 Å². The second-order valence-corrected chi connectivity index (χ2v) is 7.63. The lowest BCUT2D eigenvalue weighted by Crippen LogP contribution is -2.79. The number of nitrogens with one attached hydrogen (secondary N) is 1. The normalized spacial score (nSPS) is 40.0. The Balaban J connectivity index is 0.00000157. The van der Waals surface area contributed by atoms with Crippen LogP contribution >= 0.6 is 12.4 Å². The molecule has 2 aliphatic heterocycles. The number of carbonyl (C=O) groups is 1. The van der Waals surface area contributed by atoms with Crippen LogP contribution in [0, 0.1) is 5.92 Å². The van der Waals surface area contributed by atoms with Gasteiger partial charge in [-0.25, -0.2) is 0 Å². The minimum absolute atomic E-state index is 0. The summed E-state index contributed by atoms with van der Waals surface area (Å²) in [5.41, 5.74) is 1.63. The van der Waals surface area contributed by atoms with E-state index in [0.717, 1.165) is 30.9 Å². The van der Waals surface area contributed by atoms with Crippen molar-refractivity contribution in [3.05, 3.63) is 23.3 Å². The van der Waals surface area contributed by atoms with Crippen molar-refractivity contribution in [3.63, 3.8) is 0 Å². The fraction of sp³-hybridized carbons (Fsp3) is 0.632.